The van der Waals surface area contributed by atoms with Gasteiger partial charge in [-0.2, -0.15) is 0 Å². The van der Waals surface area contributed by atoms with Gasteiger partial charge in [-0.15, -0.1) is 0 Å². The fourth-order valence-corrected chi connectivity index (χ4v) is 2.21. The van der Waals surface area contributed by atoms with Gasteiger partial charge in [-0.25, -0.2) is 4.79 Å². The molecule has 1 unspecified atom stereocenters. The summed E-state index contributed by atoms with van der Waals surface area (Å²) in [5, 5.41) is 5.58. The van der Waals surface area contributed by atoms with Gasteiger partial charge in [0.25, 0.3) is 0 Å². The zero-order valence-electron chi connectivity index (χ0n) is 12.5. The fraction of sp³-hybridized carbons (Fsp3) is 0.533. The lowest BCUT2D eigenvalue weighted by molar-refractivity contribution is 0.112. The predicted molar refractivity (Wildman–Crippen MR) is 80.2 cm³/mol. The molecule has 1 fully saturated rings. The molecule has 0 saturated carbocycles. The number of methoxy groups -OCH3 is 1. The Morgan fingerprint density at radius 2 is 2.29 bits per heavy atom. The highest BCUT2D eigenvalue weighted by Crippen LogP contribution is 2.30. The van der Waals surface area contributed by atoms with Gasteiger partial charge in [0, 0.05) is 24.9 Å². The summed E-state index contributed by atoms with van der Waals surface area (Å²) in [5.74, 6) is 1.25. The minimum Gasteiger partial charge on any atom is -0.493 e. The predicted octanol–water partition coefficient (Wildman–Crippen LogP) is 2.39. The van der Waals surface area contributed by atoms with Crippen LogP contribution in [0.1, 0.15) is 19.8 Å². The molecule has 1 aromatic rings. The molecule has 0 radical (unpaired) electrons. The first-order valence-electron chi connectivity index (χ1n) is 7.20. The average molecular weight is 294 g/mol. The molecule has 2 rings (SSSR count). The normalized spacial score (nSPS) is 17.3. The Balaban J connectivity index is 1.88. The average Bonchev–Trinajstić information content (AvgIpc) is 2.99. The maximum absolute atomic E-state index is 11.8. The van der Waals surface area contributed by atoms with Crippen LogP contribution in [0.5, 0.6) is 11.5 Å². The van der Waals surface area contributed by atoms with E-state index in [4.69, 9.17) is 14.2 Å². The Labute approximate surface area is 124 Å². The van der Waals surface area contributed by atoms with E-state index in [1.54, 1.807) is 25.3 Å². The number of benzene rings is 1. The van der Waals surface area contributed by atoms with Crippen molar-refractivity contribution in [3.8, 4) is 11.5 Å². The number of urea groups is 1. The van der Waals surface area contributed by atoms with Crippen LogP contribution in [0.15, 0.2) is 18.2 Å². The molecule has 2 N–H and O–H groups in total. The van der Waals surface area contributed by atoms with Gasteiger partial charge in [0.2, 0.25) is 0 Å². The van der Waals surface area contributed by atoms with Gasteiger partial charge >= 0.3 is 6.03 Å². The monoisotopic (exact) mass is 294 g/mol. The summed E-state index contributed by atoms with van der Waals surface area (Å²) in [7, 11) is 1.58. The molecule has 0 spiro atoms. The molecule has 116 valence electrons. The van der Waals surface area contributed by atoms with E-state index in [-0.39, 0.29) is 12.1 Å². The molecule has 0 bridgehead atoms. The molecular formula is C15H22N2O4. The molecule has 0 aliphatic carbocycles. The van der Waals surface area contributed by atoms with Gasteiger partial charge in [0.1, 0.15) is 0 Å². The molecule has 6 nitrogen and oxygen atoms in total. The second kappa shape index (κ2) is 7.73. The summed E-state index contributed by atoms with van der Waals surface area (Å²) in [5.41, 5.74) is 0.657. The highest BCUT2D eigenvalue weighted by molar-refractivity contribution is 5.89. The molecule has 1 saturated heterocycles. The molecule has 1 aliphatic heterocycles. The first kappa shape index (κ1) is 15.4. The minimum absolute atomic E-state index is 0.130. The van der Waals surface area contributed by atoms with Crippen LogP contribution in [0.2, 0.25) is 0 Å². The van der Waals surface area contributed by atoms with Crippen molar-refractivity contribution in [1.82, 2.24) is 5.32 Å². The fourth-order valence-electron chi connectivity index (χ4n) is 2.21. The van der Waals surface area contributed by atoms with E-state index >= 15 is 0 Å². The Hall–Kier alpha value is -1.95. The van der Waals surface area contributed by atoms with Crippen LogP contribution in [0.3, 0.4) is 0 Å². The highest BCUT2D eigenvalue weighted by Gasteiger charge is 2.16. The third kappa shape index (κ3) is 4.53. The number of nitrogens with one attached hydrogen (secondary N) is 2. The van der Waals surface area contributed by atoms with Crippen molar-refractivity contribution in [3.63, 3.8) is 0 Å². The smallest absolute Gasteiger partial charge is 0.319 e. The number of hydrogen-bond donors (Lipinski definition) is 2. The topological polar surface area (TPSA) is 68.8 Å². The first-order valence-corrected chi connectivity index (χ1v) is 7.20. The number of rotatable bonds is 6. The number of carbonyl (C=O) groups excluding carboxylic acids is 1. The highest BCUT2D eigenvalue weighted by atomic mass is 16.5. The molecule has 2 amide bonds. The van der Waals surface area contributed by atoms with E-state index in [9.17, 15) is 4.79 Å². The van der Waals surface area contributed by atoms with Gasteiger partial charge in [0.15, 0.2) is 11.5 Å². The summed E-state index contributed by atoms with van der Waals surface area (Å²) < 4.78 is 16.1. The van der Waals surface area contributed by atoms with Crippen LogP contribution in [-0.4, -0.2) is 39.0 Å². The largest absolute Gasteiger partial charge is 0.493 e. The van der Waals surface area contributed by atoms with E-state index in [0.717, 1.165) is 19.4 Å². The molecule has 6 heteroatoms. The third-order valence-electron chi connectivity index (χ3n) is 3.24. The van der Waals surface area contributed by atoms with Crippen molar-refractivity contribution in [2.75, 3.05) is 32.2 Å². The van der Waals surface area contributed by atoms with Gasteiger partial charge in [-0.3, -0.25) is 0 Å². The van der Waals surface area contributed by atoms with Crippen molar-refractivity contribution < 1.29 is 19.0 Å². The maximum atomic E-state index is 11.8. The van der Waals surface area contributed by atoms with Crippen LogP contribution < -0.4 is 20.1 Å². The van der Waals surface area contributed by atoms with Gasteiger partial charge < -0.3 is 24.8 Å². The lowest BCUT2D eigenvalue weighted by Crippen LogP contribution is -2.35. The second-order valence-electron chi connectivity index (χ2n) is 4.77. The van der Waals surface area contributed by atoms with Crippen LogP contribution in [-0.2, 0) is 4.74 Å². The van der Waals surface area contributed by atoms with Crippen molar-refractivity contribution in [2.45, 2.75) is 25.9 Å². The molecule has 1 aliphatic rings. The van der Waals surface area contributed by atoms with E-state index < -0.39 is 0 Å². The number of amides is 2. The van der Waals surface area contributed by atoms with Crippen LogP contribution in [0.25, 0.3) is 0 Å². The van der Waals surface area contributed by atoms with Gasteiger partial charge in [-0.05, 0) is 31.9 Å². The summed E-state index contributed by atoms with van der Waals surface area (Å²) in [6.45, 7) is 3.74. The Morgan fingerprint density at radius 3 is 2.95 bits per heavy atom. The lowest BCUT2D eigenvalue weighted by atomic mass is 10.2. The number of ether oxygens (including phenoxy) is 3. The van der Waals surface area contributed by atoms with Crippen molar-refractivity contribution in [3.05, 3.63) is 18.2 Å². The summed E-state index contributed by atoms with van der Waals surface area (Å²) in [6.07, 6.45) is 2.19. The summed E-state index contributed by atoms with van der Waals surface area (Å²) >= 11 is 0. The quantitative estimate of drug-likeness (QED) is 0.845. The lowest BCUT2D eigenvalue weighted by Gasteiger charge is -2.13. The number of anilines is 1. The summed E-state index contributed by atoms with van der Waals surface area (Å²) in [6, 6.07) is 5.03. The Kier molecular flexibility index (Phi) is 5.68. The molecule has 0 aromatic heterocycles. The zero-order chi connectivity index (χ0) is 15.1. The summed E-state index contributed by atoms with van der Waals surface area (Å²) in [4.78, 5) is 11.8. The standard InChI is InChI=1S/C15H22N2O4/c1-3-20-14-9-11(6-7-13(14)19-2)17-15(18)16-10-12-5-4-8-21-12/h6-7,9,12H,3-5,8,10H2,1-2H3,(H2,16,17,18). The molecule has 1 atom stereocenters. The van der Waals surface area contributed by atoms with Crippen LogP contribution >= 0.6 is 0 Å². The number of hydrogen-bond acceptors (Lipinski definition) is 4. The van der Waals surface area contributed by atoms with E-state index in [2.05, 4.69) is 10.6 Å². The first-order chi connectivity index (χ1) is 10.2. The van der Waals surface area contributed by atoms with Crippen molar-refractivity contribution in [1.29, 1.82) is 0 Å². The molecule has 1 heterocycles. The van der Waals surface area contributed by atoms with Crippen molar-refractivity contribution >= 4 is 11.7 Å². The maximum Gasteiger partial charge on any atom is 0.319 e. The van der Waals surface area contributed by atoms with Crippen LogP contribution in [0.4, 0.5) is 10.5 Å². The van der Waals surface area contributed by atoms with Crippen molar-refractivity contribution in [2.24, 2.45) is 0 Å². The Morgan fingerprint density at radius 1 is 1.43 bits per heavy atom. The van der Waals surface area contributed by atoms with Gasteiger partial charge in [0.05, 0.1) is 19.8 Å². The van der Waals surface area contributed by atoms with E-state index in [0.29, 0.717) is 30.3 Å². The molecular weight excluding hydrogens is 272 g/mol. The SMILES string of the molecule is CCOc1cc(NC(=O)NCC2CCCO2)ccc1OC. The van der Waals surface area contributed by atoms with Gasteiger partial charge in [-0.1, -0.05) is 0 Å². The molecule has 21 heavy (non-hydrogen) atoms. The zero-order valence-corrected chi connectivity index (χ0v) is 12.5. The van der Waals surface area contributed by atoms with E-state index in [1.165, 1.54) is 0 Å². The van der Waals surface area contributed by atoms with E-state index in [1.807, 2.05) is 6.92 Å². The minimum atomic E-state index is -0.252. The Bertz CT molecular complexity index is 473. The third-order valence-corrected chi connectivity index (χ3v) is 3.24. The van der Waals surface area contributed by atoms with Crippen LogP contribution in [0, 0.1) is 0 Å². The molecule has 1 aromatic carbocycles. The number of carbonyl (C=O) groups is 1. The second-order valence-corrected chi connectivity index (χ2v) is 4.77.